The molecule has 4 heterocycles. The van der Waals surface area contributed by atoms with Crippen LogP contribution < -0.4 is 0 Å². The number of piperidine rings is 1. The molecule has 1 fully saturated rings. The molecule has 0 unspecified atom stereocenters. The fourth-order valence-electron chi connectivity index (χ4n) is 4.16. The largest absolute Gasteiger partial charge is 0.346 e. The number of rotatable bonds is 3. The number of benzene rings is 1. The van der Waals surface area contributed by atoms with Gasteiger partial charge in [0.2, 0.25) is 0 Å². The van der Waals surface area contributed by atoms with Crippen molar-refractivity contribution in [2.45, 2.75) is 25.4 Å². The number of aromatic amines is 1. The Morgan fingerprint density at radius 3 is 2.93 bits per heavy atom. The highest BCUT2D eigenvalue weighted by Gasteiger charge is 2.23. The number of nitriles is 1. The minimum atomic E-state index is 0.456. The van der Waals surface area contributed by atoms with E-state index in [9.17, 15) is 0 Å². The quantitative estimate of drug-likeness (QED) is 0.608. The number of imidazole rings is 1. The molecule has 3 aromatic heterocycles. The summed E-state index contributed by atoms with van der Waals surface area (Å²) in [5, 5.41) is 10.2. The van der Waals surface area contributed by atoms with Crippen molar-refractivity contribution in [2.75, 3.05) is 13.1 Å². The smallest absolute Gasteiger partial charge is 0.139 e. The molecule has 0 radical (unpaired) electrons. The summed E-state index contributed by atoms with van der Waals surface area (Å²) in [5.41, 5.74) is 5.00. The number of hydrogen-bond acceptors (Lipinski definition) is 4. The number of H-pyrrole nitrogens is 1. The summed E-state index contributed by atoms with van der Waals surface area (Å²) in [7, 11) is 0. The molecule has 1 aliphatic rings. The molecule has 6 nitrogen and oxygen atoms in total. The fourth-order valence-corrected chi connectivity index (χ4v) is 4.16. The van der Waals surface area contributed by atoms with Gasteiger partial charge in [0.1, 0.15) is 11.2 Å². The number of fused-ring (bicyclic) bond motifs is 3. The highest BCUT2D eigenvalue weighted by atomic mass is 15.2. The maximum atomic E-state index is 9.08. The minimum absolute atomic E-state index is 0.456. The van der Waals surface area contributed by atoms with Gasteiger partial charge in [-0.25, -0.2) is 9.97 Å². The second-order valence-corrected chi connectivity index (χ2v) is 7.20. The van der Waals surface area contributed by atoms with Crippen LogP contribution in [0.1, 0.15) is 30.0 Å². The number of nitrogens with zero attached hydrogens (tertiary/aromatic N) is 5. The third kappa shape index (κ3) is 2.86. The van der Waals surface area contributed by atoms with E-state index in [0.717, 1.165) is 54.6 Å². The highest BCUT2D eigenvalue weighted by molar-refractivity contribution is 6.00. The topological polar surface area (TPSA) is 73.5 Å². The molecule has 4 aromatic rings. The van der Waals surface area contributed by atoms with Crippen molar-refractivity contribution < 1.29 is 0 Å². The summed E-state index contributed by atoms with van der Waals surface area (Å²) in [4.78, 5) is 14.7. The van der Waals surface area contributed by atoms with Crippen molar-refractivity contribution in [3.63, 3.8) is 0 Å². The van der Waals surface area contributed by atoms with Crippen LogP contribution in [0.2, 0.25) is 0 Å². The monoisotopic (exact) mass is 356 g/mol. The van der Waals surface area contributed by atoms with Gasteiger partial charge >= 0.3 is 0 Å². The van der Waals surface area contributed by atoms with Gasteiger partial charge in [-0.2, -0.15) is 5.26 Å². The van der Waals surface area contributed by atoms with Crippen LogP contribution in [-0.2, 0) is 6.54 Å². The number of pyridine rings is 1. The molecule has 1 aromatic carbocycles. The zero-order valence-electron chi connectivity index (χ0n) is 15.0. The first-order valence-electron chi connectivity index (χ1n) is 9.32. The summed E-state index contributed by atoms with van der Waals surface area (Å²) in [6.45, 7) is 2.99. The average Bonchev–Trinajstić information content (AvgIpc) is 3.35. The second-order valence-electron chi connectivity index (χ2n) is 7.20. The Bertz CT molecular complexity index is 1140. The van der Waals surface area contributed by atoms with Crippen molar-refractivity contribution in [2.24, 2.45) is 0 Å². The van der Waals surface area contributed by atoms with Gasteiger partial charge in [0.15, 0.2) is 0 Å². The van der Waals surface area contributed by atoms with E-state index in [1.807, 2.05) is 36.9 Å². The van der Waals surface area contributed by atoms with Crippen LogP contribution in [0.5, 0.6) is 0 Å². The molecule has 0 saturated carbocycles. The predicted molar refractivity (Wildman–Crippen MR) is 104 cm³/mol. The Morgan fingerprint density at radius 2 is 2.07 bits per heavy atom. The van der Waals surface area contributed by atoms with Crippen LogP contribution in [0.25, 0.3) is 22.1 Å². The first-order chi connectivity index (χ1) is 13.3. The summed E-state index contributed by atoms with van der Waals surface area (Å²) < 4.78 is 2.33. The molecule has 1 saturated heterocycles. The summed E-state index contributed by atoms with van der Waals surface area (Å²) in [6, 6.07) is 12.7. The molecular weight excluding hydrogens is 336 g/mol. The van der Waals surface area contributed by atoms with Crippen molar-refractivity contribution >= 4 is 22.1 Å². The summed E-state index contributed by atoms with van der Waals surface area (Å²) in [6.07, 6.45) is 7.94. The van der Waals surface area contributed by atoms with E-state index >= 15 is 0 Å². The molecule has 0 atom stereocenters. The predicted octanol–water partition coefficient (Wildman–Crippen LogP) is 3.62. The first-order valence-corrected chi connectivity index (χ1v) is 9.32. The Labute approximate surface area is 157 Å². The van der Waals surface area contributed by atoms with Gasteiger partial charge < -0.3 is 9.55 Å². The van der Waals surface area contributed by atoms with Crippen LogP contribution in [0.4, 0.5) is 0 Å². The number of nitrogens with one attached hydrogen (secondary N) is 1. The lowest BCUT2D eigenvalue weighted by Gasteiger charge is -2.33. The average molecular weight is 356 g/mol. The Hall–Kier alpha value is -3.17. The molecule has 0 bridgehead atoms. The standard InChI is InChI=1S/C21H20N6/c22-11-15-2-1-3-16(10-15)13-26-8-5-17(6-9-26)27-14-25-19-12-24-21-18(20(19)27)4-7-23-21/h1-4,7,10,12,14,17H,5-6,8-9,13H2,(H,23,24). The van der Waals surface area contributed by atoms with Crippen LogP contribution >= 0.6 is 0 Å². The van der Waals surface area contributed by atoms with Crippen molar-refractivity contribution in [1.29, 1.82) is 5.26 Å². The lowest BCUT2D eigenvalue weighted by molar-refractivity contribution is 0.181. The molecule has 0 spiro atoms. The normalized spacial score (nSPS) is 16.1. The molecule has 0 amide bonds. The Kier molecular flexibility index (Phi) is 3.88. The molecule has 5 rings (SSSR count). The second kappa shape index (κ2) is 6.53. The SMILES string of the molecule is N#Cc1cccc(CN2CCC(n3cnc4cnc5[nH]ccc5c43)CC2)c1. The van der Waals surface area contributed by atoms with Crippen LogP contribution in [0, 0.1) is 11.3 Å². The molecule has 6 heteroatoms. The zero-order chi connectivity index (χ0) is 18.2. The number of hydrogen-bond donors (Lipinski definition) is 1. The zero-order valence-corrected chi connectivity index (χ0v) is 15.0. The van der Waals surface area contributed by atoms with Crippen LogP contribution in [0.3, 0.4) is 0 Å². The van der Waals surface area contributed by atoms with E-state index in [1.165, 1.54) is 11.1 Å². The van der Waals surface area contributed by atoms with E-state index in [4.69, 9.17) is 5.26 Å². The van der Waals surface area contributed by atoms with Crippen molar-refractivity contribution in [3.05, 3.63) is 60.2 Å². The van der Waals surface area contributed by atoms with Gasteiger partial charge in [-0.05, 0) is 36.6 Å². The summed E-state index contributed by atoms with van der Waals surface area (Å²) >= 11 is 0. The molecule has 0 aliphatic carbocycles. The molecule has 134 valence electrons. The lowest BCUT2D eigenvalue weighted by atomic mass is 10.0. The Morgan fingerprint density at radius 1 is 1.19 bits per heavy atom. The van der Waals surface area contributed by atoms with Gasteiger partial charge in [-0.3, -0.25) is 4.90 Å². The molecule has 1 aliphatic heterocycles. The van der Waals surface area contributed by atoms with Gasteiger partial charge in [-0.15, -0.1) is 0 Å². The Balaban J connectivity index is 1.34. The third-order valence-corrected chi connectivity index (χ3v) is 5.53. The van der Waals surface area contributed by atoms with Gasteiger partial charge in [0.25, 0.3) is 0 Å². The maximum absolute atomic E-state index is 9.08. The van der Waals surface area contributed by atoms with E-state index in [2.05, 4.69) is 42.6 Å². The van der Waals surface area contributed by atoms with Gasteiger partial charge in [-0.1, -0.05) is 12.1 Å². The van der Waals surface area contributed by atoms with E-state index in [-0.39, 0.29) is 0 Å². The highest BCUT2D eigenvalue weighted by Crippen LogP contribution is 2.30. The van der Waals surface area contributed by atoms with Crippen LogP contribution in [-0.4, -0.2) is 37.5 Å². The van der Waals surface area contributed by atoms with Gasteiger partial charge in [0.05, 0.1) is 29.7 Å². The van der Waals surface area contributed by atoms with E-state index < -0.39 is 0 Å². The van der Waals surface area contributed by atoms with E-state index in [1.54, 1.807) is 0 Å². The minimum Gasteiger partial charge on any atom is -0.346 e. The first kappa shape index (κ1) is 16.0. The molecule has 27 heavy (non-hydrogen) atoms. The maximum Gasteiger partial charge on any atom is 0.139 e. The third-order valence-electron chi connectivity index (χ3n) is 5.53. The molecule has 1 N–H and O–H groups in total. The van der Waals surface area contributed by atoms with Gasteiger partial charge in [0, 0.05) is 37.3 Å². The molecular formula is C21H20N6. The van der Waals surface area contributed by atoms with Crippen molar-refractivity contribution in [3.8, 4) is 6.07 Å². The lowest BCUT2D eigenvalue weighted by Crippen LogP contribution is -2.34. The number of aromatic nitrogens is 4. The number of likely N-dealkylation sites (tertiary alicyclic amines) is 1. The van der Waals surface area contributed by atoms with Crippen LogP contribution in [0.15, 0.2) is 49.1 Å². The van der Waals surface area contributed by atoms with E-state index in [0.29, 0.717) is 6.04 Å². The fraction of sp³-hybridized carbons (Fsp3) is 0.286. The van der Waals surface area contributed by atoms with Crippen molar-refractivity contribution in [1.82, 2.24) is 24.4 Å². The summed E-state index contributed by atoms with van der Waals surface area (Å²) in [5.74, 6) is 0.